The highest BCUT2D eigenvalue weighted by Crippen LogP contribution is 2.17. The van der Waals surface area contributed by atoms with Crippen LogP contribution in [0.1, 0.15) is 32.3 Å². The topological polar surface area (TPSA) is 43.6 Å². The predicted octanol–water partition coefficient (Wildman–Crippen LogP) is 3.09. The summed E-state index contributed by atoms with van der Waals surface area (Å²) >= 11 is 5.92. The molecule has 0 radical (unpaired) electrons. The Balaban J connectivity index is 2.63. The third kappa shape index (κ3) is 2.89. The van der Waals surface area contributed by atoms with Crippen LogP contribution in [0.5, 0.6) is 5.88 Å². The first-order chi connectivity index (χ1) is 9.17. The molecule has 0 amide bonds. The van der Waals surface area contributed by atoms with E-state index in [0.29, 0.717) is 35.1 Å². The third-order valence-electron chi connectivity index (χ3n) is 2.78. The van der Waals surface area contributed by atoms with Gasteiger partial charge in [0.05, 0.1) is 17.2 Å². The molecule has 19 heavy (non-hydrogen) atoms. The van der Waals surface area contributed by atoms with Crippen LogP contribution in [-0.4, -0.2) is 16.0 Å². The van der Waals surface area contributed by atoms with E-state index < -0.39 is 0 Å². The molecule has 2 aromatic rings. The average molecular weight is 281 g/mol. The van der Waals surface area contributed by atoms with Gasteiger partial charge in [0, 0.05) is 6.20 Å². The monoisotopic (exact) mass is 280 g/mol. The van der Waals surface area contributed by atoms with Gasteiger partial charge in [-0.3, -0.25) is 9.20 Å². The Morgan fingerprint density at radius 2 is 2.11 bits per heavy atom. The lowest BCUT2D eigenvalue weighted by Crippen LogP contribution is -2.21. The molecule has 2 aromatic heterocycles. The van der Waals surface area contributed by atoms with E-state index in [1.165, 1.54) is 4.40 Å². The molecule has 0 aliphatic heterocycles. The fraction of sp³-hybridized carbons (Fsp3) is 0.429. The molecule has 0 unspecified atom stereocenters. The number of hydrogen-bond donors (Lipinski definition) is 0. The summed E-state index contributed by atoms with van der Waals surface area (Å²) in [5.41, 5.74) is 1.08. The van der Waals surface area contributed by atoms with Crippen molar-refractivity contribution in [1.82, 2.24) is 9.38 Å². The van der Waals surface area contributed by atoms with E-state index in [1.807, 2.05) is 13.8 Å². The molecule has 0 atom stereocenters. The number of fused-ring (bicyclic) bond motifs is 1. The Labute approximate surface area is 117 Å². The molecule has 0 aromatic carbocycles. The number of aromatic nitrogens is 2. The zero-order chi connectivity index (χ0) is 13.8. The first kappa shape index (κ1) is 13.9. The summed E-state index contributed by atoms with van der Waals surface area (Å²) in [7, 11) is 0. The SMILES string of the molecule is CCCOc1nc2ccc(Cl)cn2c(=O)c1CCC. The van der Waals surface area contributed by atoms with E-state index in [-0.39, 0.29) is 5.56 Å². The van der Waals surface area contributed by atoms with Crippen molar-refractivity contribution in [2.75, 3.05) is 6.61 Å². The molecule has 0 aliphatic carbocycles. The highest BCUT2D eigenvalue weighted by Gasteiger charge is 2.13. The van der Waals surface area contributed by atoms with Crippen LogP contribution in [0, 0.1) is 0 Å². The van der Waals surface area contributed by atoms with Gasteiger partial charge in [0.1, 0.15) is 5.65 Å². The predicted molar refractivity (Wildman–Crippen MR) is 76.3 cm³/mol. The largest absolute Gasteiger partial charge is 0.477 e. The highest BCUT2D eigenvalue weighted by atomic mass is 35.5. The van der Waals surface area contributed by atoms with E-state index in [2.05, 4.69) is 4.98 Å². The van der Waals surface area contributed by atoms with E-state index >= 15 is 0 Å². The van der Waals surface area contributed by atoms with Gasteiger partial charge in [-0.15, -0.1) is 0 Å². The summed E-state index contributed by atoms with van der Waals surface area (Å²) in [5, 5.41) is 0.515. The molecule has 0 bridgehead atoms. The molecule has 5 heteroatoms. The number of pyridine rings is 1. The fourth-order valence-electron chi connectivity index (χ4n) is 1.91. The Bertz CT molecular complexity index is 637. The summed E-state index contributed by atoms with van der Waals surface area (Å²) in [5.74, 6) is 0.455. The molecule has 0 fully saturated rings. The number of hydrogen-bond acceptors (Lipinski definition) is 3. The Morgan fingerprint density at radius 1 is 1.32 bits per heavy atom. The second-order valence-electron chi connectivity index (χ2n) is 4.37. The zero-order valence-corrected chi connectivity index (χ0v) is 11.9. The Kier molecular flexibility index (Phi) is 4.43. The summed E-state index contributed by atoms with van der Waals surface area (Å²) in [6.07, 6.45) is 3.99. The summed E-state index contributed by atoms with van der Waals surface area (Å²) in [6.45, 7) is 4.61. The lowest BCUT2D eigenvalue weighted by atomic mass is 10.2. The fourth-order valence-corrected chi connectivity index (χ4v) is 2.07. The smallest absolute Gasteiger partial charge is 0.264 e. The van der Waals surface area contributed by atoms with Crippen molar-refractivity contribution in [2.24, 2.45) is 0 Å². The van der Waals surface area contributed by atoms with Crippen LogP contribution in [-0.2, 0) is 6.42 Å². The summed E-state index contributed by atoms with van der Waals surface area (Å²) in [4.78, 5) is 16.9. The normalized spacial score (nSPS) is 10.9. The third-order valence-corrected chi connectivity index (χ3v) is 3.01. The van der Waals surface area contributed by atoms with Gasteiger partial charge in [-0.25, -0.2) is 0 Å². The van der Waals surface area contributed by atoms with Crippen molar-refractivity contribution in [1.29, 1.82) is 0 Å². The standard InChI is InChI=1S/C14H17ClN2O2/c1-3-5-11-13(19-8-4-2)16-12-7-6-10(15)9-17(12)14(11)18/h6-7,9H,3-5,8H2,1-2H3. The molecule has 2 heterocycles. The van der Waals surface area contributed by atoms with Gasteiger partial charge in [-0.2, -0.15) is 4.98 Å². The molecule has 0 saturated heterocycles. The van der Waals surface area contributed by atoms with Gasteiger partial charge in [0.25, 0.3) is 5.56 Å². The number of rotatable bonds is 5. The minimum Gasteiger partial charge on any atom is -0.477 e. The maximum absolute atomic E-state index is 12.4. The summed E-state index contributed by atoms with van der Waals surface area (Å²) < 4.78 is 7.08. The van der Waals surface area contributed by atoms with Crippen LogP contribution < -0.4 is 10.3 Å². The van der Waals surface area contributed by atoms with Crippen molar-refractivity contribution in [3.8, 4) is 5.88 Å². The van der Waals surface area contributed by atoms with Gasteiger partial charge in [0.2, 0.25) is 5.88 Å². The number of halogens is 1. The van der Waals surface area contributed by atoms with Crippen LogP contribution in [0.2, 0.25) is 5.02 Å². The van der Waals surface area contributed by atoms with E-state index in [1.54, 1.807) is 18.3 Å². The molecule has 0 aliphatic rings. The van der Waals surface area contributed by atoms with Crippen molar-refractivity contribution >= 4 is 17.2 Å². The molecule has 0 N–H and O–H groups in total. The van der Waals surface area contributed by atoms with Crippen molar-refractivity contribution < 1.29 is 4.74 Å². The minimum atomic E-state index is -0.0968. The van der Waals surface area contributed by atoms with Gasteiger partial charge < -0.3 is 4.74 Å². The Morgan fingerprint density at radius 3 is 2.79 bits per heavy atom. The van der Waals surface area contributed by atoms with Crippen LogP contribution in [0.25, 0.3) is 5.65 Å². The van der Waals surface area contributed by atoms with E-state index in [0.717, 1.165) is 12.8 Å². The van der Waals surface area contributed by atoms with Gasteiger partial charge in [-0.05, 0) is 25.0 Å². The molecule has 0 saturated carbocycles. The molecular formula is C14H17ClN2O2. The van der Waals surface area contributed by atoms with E-state index in [9.17, 15) is 4.79 Å². The zero-order valence-electron chi connectivity index (χ0n) is 11.1. The van der Waals surface area contributed by atoms with Crippen molar-refractivity contribution in [2.45, 2.75) is 33.1 Å². The van der Waals surface area contributed by atoms with Gasteiger partial charge >= 0.3 is 0 Å². The second-order valence-corrected chi connectivity index (χ2v) is 4.81. The van der Waals surface area contributed by atoms with Crippen LogP contribution in [0.15, 0.2) is 23.1 Å². The Hall–Kier alpha value is -1.55. The van der Waals surface area contributed by atoms with Crippen LogP contribution in [0.3, 0.4) is 0 Å². The quantitative estimate of drug-likeness (QED) is 0.845. The maximum Gasteiger partial charge on any atom is 0.264 e. The molecule has 102 valence electrons. The van der Waals surface area contributed by atoms with Crippen molar-refractivity contribution in [3.05, 3.63) is 39.3 Å². The molecular weight excluding hydrogens is 264 g/mol. The highest BCUT2D eigenvalue weighted by molar-refractivity contribution is 6.30. The van der Waals surface area contributed by atoms with E-state index in [4.69, 9.17) is 16.3 Å². The summed E-state index contributed by atoms with van der Waals surface area (Å²) in [6, 6.07) is 3.44. The number of ether oxygens (including phenoxy) is 1. The minimum absolute atomic E-state index is 0.0968. The van der Waals surface area contributed by atoms with Crippen molar-refractivity contribution in [3.63, 3.8) is 0 Å². The number of nitrogens with zero attached hydrogens (tertiary/aromatic N) is 2. The van der Waals surface area contributed by atoms with Gasteiger partial charge in [0.15, 0.2) is 0 Å². The van der Waals surface area contributed by atoms with Gasteiger partial charge in [-0.1, -0.05) is 31.9 Å². The van der Waals surface area contributed by atoms with Crippen LogP contribution in [0.4, 0.5) is 0 Å². The molecule has 2 rings (SSSR count). The average Bonchev–Trinajstić information content (AvgIpc) is 2.41. The first-order valence-electron chi connectivity index (χ1n) is 6.51. The first-order valence-corrected chi connectivity index (χ1v) is 6.88. The molecule has 0 spiro atoms. The lowest BCUT2D eigenvalue weighted by Gasteiger charge is -2.11. The van der Waals surface area contributed by atoms with Crippen LogP contribution >= 0.6 is 11.6 Å². The second kappa shape index (κ2) is 6.06. The lowest BCUT2D eigenvalue weighted by molar-refractivity contribution is 0.301. The maximum atomic E-state index is 12.4. The molecule has 4 nitrogen and oxygen atoms in total.